The highest BCUT2D eigenvalue weighted by atomic mass is 19.1. The molecule has 0 bridgehead atoms. The lowest BCUT2D eigenvalue weighted by atomic mass is 10.0. The molecule has 2 unspecified atom stereocenters. The molecule has 102 valence electrons. The molecule has 0 radical (unpaired) electrons. The number of anilines is 1. The summed E-state index contributed by atoms with van der Waals surface area (Å²) in [5, 5.41) is 2.62. The third kappa shape index (κ3) is 2.20. The number of benzene rings is 1. The summed E-state index contributed by atoms with van der Waals surface area (Å²) < 4.78 is 14.0. The average molecular weight is 264 g/mol. The van der Waals surface area contributed by atoms with E-state index in [2.05, 4.69) is 5.32 Å². The minimum Gasteiger partial charge on any atom is -0.343 e. The number of amides is 2. The Balaban J connectivity index is 2.55. The van der Waals surface area contributed by atoms with E-state index in [1.165, 1.54) is 11.0 Å². The molecule has 1 N–H and O–H groups in total. The summed E-state index contributed by atoms with van der Waals surface area (Å²) in [6, 6.07) is 3.34. The molecule has 5 heteroatoms. The maximum Gasteiger partial charge on any atom is 0.250 e. The molecular weight excluding hydrogens is 247 g/mol. The summed E-state index contributed by atoms with van der Waals surface area (Å²) in [6.45, 7) is 5.14. The fraction of sp³-hybridized carbons (Fsp3) is 0.429. The molecule has 2 atom stereocenters. The molecule has 1 heterocycles. The normalized spacial score (nSPS) is 23.5. The monoisotopic (exact) mass is 264 g/mol. The molecule has 0 spiro atoms. The van der Waals surface area contributed by atoms with Crippen LogP contribution in [-0.4, -0.2) is 23.9 Å². The van der Waals surface area contributed by atoms with Crippen LogP contribution in [0.3, 0.4) is 0 Å². The summed E-state index contributed by atoms with van der Waals surface area (Å²) >= 11 is 0. The first kappa shape index (κ1) is 13.5. The van der Waals surface area contributed by atoms with Gasteiger partial charge in [0.25, 0.3) is 0 Å². The summed E-state index contributed by atoms with van der Waals surface area (Å²) in [6.07, 6.45) is 0.443. The van der Waals surface area contributed by atoms with E-state index in [0.717, 1.165) is 0 Å². The van der Waals surface area contributed by atoms with Crippen LogP contribution in [0.2, 0.25) is 0 Å². The van der Waals surface area contributed by atoms with Gasteiger partial charge in [0.2, 0.25) is 11.8 Å². The lowest BCUT2D eigenvalue weighted by Crippen LogP contribution is -2.62. The number of piperazine rings is 1. The zero-order valence-corrected chi connectivity index (χ0v) is 11.2. The van der Waals surface area contributed by atoms with E-state index < -0.39 is 17.9 Å². The highest BCUT2D eigenvalue weighted by molar-refractivity contribution is 6.08. The quantitative estimate of drug-likeness (QED) is 0.885. The number of nitrogens with one attached hydrogen (secondary N) is 1. The molecule has 4 nitrogen and oxygen atoms in total. The number of hydrogen-bond donors (Lipinski definition) is 1. The Bertz CT molecular complexity index is 510. The summed E-state index contributed by atoms with van der Waals surface area (Å²) in [5.41, 5.74) is 0.856. The Kier molecular flexibility index (Phi) is 3.55. The number of para-hydroxylation sites is 1. The highest BCUT2D eigenvalue weighted by Gasteiger charge is 2.39. The van der Waals surface area contributed by atoms with Crippen LogP contribution in [0.5, 0.6) is 0 Å². The maximum atomic E-state index is 14.0. The molecule has 2 rings (SSSR count). The summed E-state index contributed by atoms with van der Waals surface area (Å²) in [4.78, 5) is 25.5. The van der Waals surface area contributed by atoms with Crippen molar-refractivity contribution >= 4 is 17.5 Å². The van der Waals surface area contributed by atoms with E-state index in [1.54, 1.807) is 32.9 Å². The summed E-state index contributed by atoms with van der Waals surface area (Å²) in [7, 11) is 0. The minimum atomic E-state index is -0.653. The van der Waals surface area contributed by atoms with Crippen LogP contribution < -0.4 is 10.2 Å². The molecule has 1 aromatic carbocycles. The number of aryl methyl sites for hydroxylation is 1. The summed E-state index contributed by atoms with van der Waals surface area (Å²) in [5.74, 6) is -0.995. The van der Waals surface area contributed by atoms with Crippen LogP contribution in [0.1, 0.15) is 25.8 Å². The van der Waals surface area contributed by atoms with Gasteiger partial charge in [0, 0.05) is 0 Å². The zero-order chi connectivity index (χ0) is 14.2. The fourth-order valence-corrected chi connectivity index (χ4v) is 2.41. The number of carbonyl (C=O) groups is 2. The van der Waals surface area contributed by atoms with Gasteiger partial charge in [-0.15, -0.1) is 0 Å². The molecule has 19 heavy (non-hydrogen) atoms. The van der Waals surface area contributed by atoms with Crippen LogP contribution in [0.25, 0.3) is 0 Å². The smallest absolute Gasteiger partial charge is 0.250 e. The maximum absolute atomic E-state index is 14.0. The third-order valence-electron chi connectivity index (χ3n) is 3.40. The van der Waals surface area contributed by atoms with E-state index in [4.69, 9.17) is 0 Å². The number of rotatable bonds is 2. The lowest BCUT2D eigenvalue weighted by Gasteiger charge is -2.38. The molecule has 1 aliphatic rings. The first-order valence-electron chi connectivity index (χ1n) is 6.36. The van der Waals surface area contributed by atoms with Gasteiger partial charge in [0.05, 0.1) is 5.69 Å². The predicted octanol–water partition coefficient (Wildman–Crippen LogP) is 1.76. The van der Waals surface area contributed by atoms with Crippen molar-refractivity contribution in [3.05, 3.63) is 29.6 Å². The van der Waals surface area contributed by atoms with Crippen LogP contribution in [0, 0.1) is 12.7 Å². The van der Waals surface area contributed by atoms with Gasteiger partial charge >= 0.3 is 0 Å². The van der Waals surface area contributed by atoms with E-state index >= 15 is 0 Å². The second-order valence-corrected chi connectivity index (χ2v) is 4.77. The third-order valence-corrected chi connectivity index (χ3v) is 3.40. The van der Waals surface area contributed by atoms with Crippen molar-refractivity contribution in [2.75, 3.05) is 4.90 Å². The number of hydrogen-bond acceptors (Lipinski definition) is 2. The van der Waals surface area contributed by atoms with Gasteiger partial charge in [0.15, 0.2) is 0 Å². The van der Waals surface area contributed by atoms with Gasteiger partial charge in [0.1, 0.15) is 17.9 Å². The second kappa shape index (κ2) is 4.99. The molecule has 0 aliphatic carbocycles. The highest BCUT2D eigenvalue weighted by Crippen LogP contribution is 2.29. The second-order valence-electron chi connectivity index (χ2n) is 4.77. The molecule has 1 aromatic rings. The topological polar surface area (TPSA) is 49.4 Å². The van der Waals surface area contributed by atoms with Crippen LogP contribution in [-0.2, 0) is 9.59 Å². The lowest BCUT2D eigenvalue weighted by molar-refractivity contribution is -0.133. The molecule has 1 aliphatic heterocycles. The standard InChI is InChI=1S/C14H17FN2O2/c1-4-11-13(18)16-9(3)14(19)17(11)12-8(2)6-5-7-10(12)15/h5-7,9,11H,4H2,1-3H3,(H,16,18). The number of halogens is 1. The number of nitrogens with zero attached hydrogens (tertiary/aromatic N) is 1. The van der Waals surface area contributed by atoms with Crippen molar-refractivity contribution in [2.24, 2.45) is 0 Å². The van der Waals surface area contributed by atoms with Crippen molar-refractivity contribution in [3.8, 4) is 0 Å². The van der Waals surface area contributed by atoms with E-state index in [9.17, 15) is 14.0 Å². The zero-order valence-electron chi connectivity index (χ0n) is 11.2. The first-order valence-corrected chi connectivity index (χ1v) is 6.36. The van der Waals surface area contributed by atoms with Gasteiger partial charge in [-0.25, -0.2) is 4.39 Å². The van der Waals surface area contributed by atoms with Gasteiger partial charge in [-0.1, -0.05) is 19.1 Å². The average Bonchev–Trinajstić information content (AvgIpc) is 2.35. The van der Waals surface area contributed by atoms with Crippen LogP contribution >= 0.6 is 0 Å². The Labute approximate surface area is 111 Å². The SMILES string of the molecule is CCC1C(=O)NC(C)C(=O)N1c1c(C)cccc1F. The van der Waals surface area contributed by atoms with Crippen LogP contribution in [0.15, 0.2) is 18.2 Å². The van der Waals surface area contributed by atoms with Crippen molar-refractivity contribution in [1.82, 2.24) is 5.32 Å². The van der Waals surface area contributed by atoms with E-state index in [-0.39, 0.29) is 17.5 Å². The minimum absolute atomic E-state index is 0.209. The molecule has 2 amide bonds. The molecule has 0 aromatic heterocycles. The number of carbonyl (C=O) groups excluding carboxylic acids is 2. The molecule has 0 saturated carbocycles. The Morgan fingerprint density at radius 2 is 2.05 bits per heavy atom. The van der Waals surface area contributed by atoms with E-state index in [0.29, 0.717) is 12.0 Å². The van der Waals surface area contributed by atoms with Crippen molar-refractivity contribution < 1.29 is 14.0 Å². The van der Waals surface area contributed by atoms with Crippen molar-refractivity contribution in [1.29, 1.82) is 0 Å². The van der Waals surface area contributed by atoms with Gasteiger partial charge < -0.3 is 5.32 Å². The van der Waals surface area contributed by atoms with Crippen LogP contribution in [0.4, 0.5) is 10.1 Å². The van der Waals surface area contributed by atoms with Gasteiger partial charge in [-0.3, -0.25) is 14.5 Å². The van der Waals surface area contributed by atoms with E-state index in [1.807, 2.05) is 0 Å². The largest absolute Gasteiger partial charge is 0.343 e. The Morgan fingerprint density at radius 3 is 2.63 bits per heavy atom. The van der Waals surface area contributed by atoms with Gasteiger partial charge in [-0.2, -0.15) is 0 Å². The van der Waals surface area contributed by atoms with Crippen molar-refractivity contribution in [2.45, 2.75) is 39.3 Å². The first-order chi connectivity index (χ1) is 8.97. The fourth-order valence-electron chi connectivity index (χ4n) is 2.41. The van der Waals surface area contributed by atoms with Gasteiger partial charge in [-0.05, 0) is 31.9 Å². The Hall–Kier alpha value is -1.91. The molecule has 1 fully saturated rings. The molecular formula is C14H17FN2O2. The predicted molar refractivity (Wildman–Crippen MR) is 70.3 cm³/mol. The Morgan fingerprint density at radius 1 is 1.37 bits per heavy atom. The molecule has 1 saturated heterocycles. The van der Waals surface area contributed by atoms with Crippen molar-refractivity contribution in [3.63, 3.8) is 0 Å².